The Morgan fingerprint density at radius 2 is 1.46 bits per heavy atom. The summed E-state index contributed by atoms with van der Waals surface area (Å²) in [5, 5.41) is 8.89. The fourth-order valence-electron chi connectivity index (χ4n) is 3.31. The minimum Gasteiger partial charge on any atom is -0.295 e. The molecule has 0 fully saturated rings. The average molecular weight is 368 g/mol. The Balaban J connectivity index is 1.90. The molecule has 0 aliphatic carbocycles. The number of fused-ring (bicyclic) bond motifs is 1. The van der Waals surface area contributed by atoms with Crippen LogP contribution in [0.2, 0.25) is 0 Å². The molecule has 0 amide bonds. The van der Waals surface area contributed by atoms with E-state index in [-0.39, 0.29) is 0 Å². The summed E-state index contributed by atoms with van der Waals surface area (Å²) in [5.74, 6) is 1.000. The third-order valence-corrected chi connectivity index (χ3v) is 4.71. The highest BCUT2D eigenvalue weighted by molar-refractivity contribution is 5.85. The quantitative estimate of drug-likeness (QED) is 0.361. The predicted molar refractivity (Wildman–Crippen MR) is 116 cm³/mol. The lowest BCUT2D eigenvalue weighted by atomic mass is 10.2. The number of nitrogens with zero attached hydrogens (tertiary/aromatic N) is 4. The summed E-state index contributed by atoms with van der Waals surface area (Å²) in [6, 6.07) is 28.9. The molecule has 0 saturated heterocycles. The van der Waals surface area contributed by atoms with Crippen molar-refractivity contribution in [2.45, 2.75) is 26.2 Å². The van der Waals surface area contributed by atoms with Gasteiger partial charge in [-0.15, -0.1) is 5.10 Å². The van der Waals surface area contributed by atoms with E-state index in [0.29, 0.717) is 0 Å². The molecule has 28 heavy (non-hydrogen) atoms. The minimum atomic E-state index is 0.893. The molecule has 1 heterocycles. The van der Waals surface area contributed by atoms with Crippen LogP contribution in [0.5, 0.6) is 0 Å². The van der Waals surface area contributed by atoms with E-state index in [0.717, 1.165) is 47.5 Å². The van der Waals surface area contributed by atoms with Crippen LogP contribution in [0.3, 0.4) is 0 Å². The first-order valence-electron chi connectivity index (χ1n) is 9.79. The number of aromatic nitrogens is 3. The first kappa shape index (κ1) is 18.0. The maximum Gasteiger partial charge on any atom is 0.137 e. The number of benzene rings is 3. The molecular formula is C24H24N4. The minimum absolute atomic E-state index is 0.893. The third kappa shape index (κ3) is 3.67. The van der Waals surface area contributed by atoms with Gasteiger partial charge in [0.1, 0.15) is 11.3 Å². The Bertz CT molecular complexity index is 1010. The summed E-state index contributed by atoms with van der Waals surface area (Å²) in [6.45, 7) is 2.21. The van der Waals surface area contributed by atoms with Crippen molar-refractivity contribution in [3.05, 3.63) is 91.0 Å². The number of allylic oxidation sites excluding steroid dienone is 1. The van der Waals surface area contributed by atoms with Crippen LogP contribution in [-0.2, 0) is 0 Å². The molecule has 0 unspecified atom stereocenters. The van der Waals surface area contributed by atoms with E-state index in [1.807, 2.05) is 35.0 Å². The molecule has 3 aromatic carbocycles. The number of para-hydroxylation sites is 3. The molecule has 4 aromatic rings. The molecule has 0 radical (unpaired) electrons. The van der Waals surface area contributed by atoms with Gasteiger partial charge in [0, 0.05) is 11.4 Å². The van der Waals surface area contributed by atoms with Crippen LogP contribution in [0.25, 0.3) is 16.9 Å². The van der Waals surface area contributed by atoms with Crippen molar-refractivity contribution in [1.82, 2.24) is 15.0 Å². The second kappa shape index (κ2) is 8.53. The van der Waals surface area contributed by atoms with E-state index in [9.17, 15) is 0 Å². The SMILES string of the molecule is CCCCC=C(N(c1ccccc1)c1ccccc1)n1nnc2ccccc21. The van der Waals surface area contributed by atoms with Gasteiger partial charge in [0.2, 0.25) is 0 Å². The lowest BCUT2D eigenvalue weighted by molar-refractivity contribution is 0.790. The van der Waals surface area contributed by atoms with Gasteiger partial charge >= 0.3 is 0 Å². The molecule has 0 aliphatic heterocycles. The van der Waals surface area contributed by atoms with Crippen LogP contribution in [0.1, 0.15) is 26.2 Å². The van der Waals surface area contributed by atoms with Crippen molar-refractivity contribution >= 4 is 28.2 Å². The summed E-state index contributed by atoms with van der Waals surface area (Å²) in [5.41, 5.74) is 4.08. The highest BCUT2D eigenvalue weighted by atomic mass is 15.5. The number of anilines is 2. The number of hydrogen-bond donors (Lipinski definition) is 0. The van der Waals surface area contributed by atoms with Gasteiger partial charge in [-0.05, 0) is 55.3 Å². The second-order valence-corrected chi connectivity index (χ2v) is 6.70. The topological polar surface area (TPSA) is 34.0 Å². The molecule has 0 N–H and O–H groups in total. The van der Waals surface area contributed by atoms with Crippen LogP contribution < -0.4 is 4.90 Å². The number of hydrogen-bond acceptors (Lipinski definition) is 3. The zero-order chi connectivity index (χ0) is 19.2. The second-order valence-electron chi connectivity index (χ2n) is 6.70. The molecule has 0 atom stereocenters. The van der Waals surface area contributed by atoms with Crippen molar-refractivity contribution in [2.24, 2.45) is 0 Å². The summed E-state index contributed by atoms with van der Waals surface area (Å²) in [6.07, 6.45) is 5.53. The van der Waals surface area contributed by atoms with Crippen molar-refractivity contribution in [3.8, 4) is 0 Å². The van der Waals surface area contributed by atoms with Crippen molar-refractivity contribution in [1.29, 1.82) is 0 Å². The summed E-state index contributed by atoms with van der Waals surface area (Å²) < 4.78 is 1.95. The van der Waals surface area contributed by atoms with Gasteiger partial charge in [0.15, 0.2) is 0 Å². The summed E-state index contributed by atoms with van der Waals surface area (Å²) >= 11 is 0. The van der Waals surface area contributed by atoms with Gasteiger partial charge in [-0.25, -0.2) is 0 Å². The van der Waals surface area contributed by atoms with Crippen LogP contribution in [-0.4, -0.2) is 15.0 Å². The molecule has 0 bridgehead atoms. The van der Waals surface area contributed by atoms with Gasteiger partial charge in [0.25, 0.3) is 0 Å². The smallest absolute Gasteiger partial charge is 0.137 e. The summed E-state index contributed by atoms with van der Waals surface area (Å²) in [7, 11) is 0. The molecule has 140 valence electrons. The van der Waals surface area contributed by atoms with E-state index in [1.165, 1.54) is 0 Å². The Morgan fingerprint density at radius 1 is 0.857 bits per heavy atom. The van der Waals surface area contributed by atoms with Gasteiger partial charge < -0.3 is 0 Å². The van der Waals surface area contributed by atoms with Gasteiger partial charge in [-0.2, -0.15) is 4.68 Å². The monoisotopic (exact) mass is 368 g/mol. The maximum absolute atomic E-state index is 4.50. The van der Waals surface area contributed by atoms with Crippen LogP contribution in [0.4, 0.5) is 11.4 Å². The lowest BCUT2D eigenvalue weighted by Gasteiger charge is -2.28. The molecule has 4 rings (SSSR count). The molecular weight excluding hydrogens is 344 g/mol. The molecule has 0 aliphatic rings. The molecule has 0 spiro atoms. The Labute approximate surface area is 165 Å². The maximum atomic E-state index is 4.50. The van der Waals surface area contributed by atoms with Gasteiger partial charge in [0.05, 0.1) is 5.52 Å². The lowest BCUT2D eigenvalue weighted by Crippen LogP contribution is -2.21. The predicted octanol–water partition coefficient (Wildman–Crippen LogP) is 6.26. The third-order valence-electron chi connectivity index (χ3n) is 4.71. The molecule has 4 heteroatoms. The Kier molecular flexibility index (Phi) is 5.48. The van der Waals surface area contributed by atoms with E-state index in [4.69, 9.17) is 0 Å². The first-order chi connectivity index (χ1) is 13.9. The molecule has 4 nitrogen and oxygen atoms in total. The van der Waals surface area contributed by atoms with Gasteiger partial charge in [-0.3, -0.25) is 4.90 Å². The largest absolute Gasteiger partial charge is 0.295 e. The zero-order valence-corrected chi connectivity index (χ0v) is 16.1. The van der Waals surface area contributed by atoms with Crippen LogP contribution in [0, 0.1) is 0 Å². The van der Waals surface area contributed by atoms with E-state index in [2.05, 4.69) is 82.8 Å². The fraction of sp³-hybridized carbons (Fsp3) is 0.167. The van der Waals surface area contributed by atoms with Crippen molar-refractivity contribution in [2.75, 3.05) is 4.90 Å². The zero-order valence-electron chi connectivity index (χ0n) is 16.1. The summed E-state index contributed by atoms with van der Waals surface area (Å²) in [4.78, 5) is 2.25. The molecule has 0 saturated carbocycles. The normalized spacial score (nSPS) is 11.7. The van der Waals surface area contributed by atoms with Crippen LogP contribution in [0.15, 0.2) is 91.0 Å². The van der Waals surface area contributed by atoms with E-state index >= 15 is 0 Å². The number of rotatable bonds is 7. The Hall–Kier alpha value is -3.40. The van der Waals surface area contributed by atoms with Crippen molar-refractivity contribution in [3.63, 3.8) is 0 Å². The van der Waals surface area contributed by atoms with Crippen LogP contribution >= 0.6 is 0 Å². The Morgan fingerprint density at radius 3 is 2.11 bits per heavy atom. The molecule has 1 aromatic heterocycles. The average Bonchev–Trinajstić information content (AvgIpc) is 3.18. The van der Waals surface area contributed by atoms with Crippen molar-refractivity contribution < 1.29 is 0 Å². The number of unbranched alkanes of at least 4 members (excludes halogenated alkanes) is 2. The first-order valence-corrected chi connectivity index (χ1v) is 9.79. The van der Waals surface area contributed by atoms with E-state index in [1.54, 1.807) is 0 Å². The highest BCUT2D eigenvalue weighted by Gasteiger charge is 2.19. The highest BCUT2D eigenvalue weighted by Crippen LogP contribution is 2.33. The fourth-order valence-corrected chi connectivity index (χ4v) is 3.31. The van der Waals surface area contributed by atoms with E-state index < -0.39 is 0 Å². The standard InChI is InChI=1S/C24H24N4/c1-2-3-6-19-24(28-23-18-12-11-17-22(23)25-26-28)27(20-13-7-4-8-14-20)21-15-9-5-10-16-21/h4-5,7-19H,2-3,6H2,1H3. The van der Waals surface area contributed by atoms with Gasteiger partial charge in [-0.1, -0.05) is 67.1 Å².